The molecule has 5 nitrogen and oxygen atoms in total. The summed E-state index contributed by atoms with van der Waals surface area (Å²) in [5, 5.41) is 2.93. The molecule has 2 aliphatic heterocycles. The summed E-state index contributed by atoms with van der Waals surface area (Å²) < 4.78 is 1.94. The highest BCUT2D eigenvalue weighted by Gasteiger charge is 2.40. The highest BCUT2D eigenvalue weighted by Crippen LogP contribution is 2.40. The number of benzene rings is 1. The number of hydrogen-bond donors (Lipinski definition) is 1. The lowest BCUT2D eigenvalue weighted by atomic mass is 9.78. The monoisotopic (exact) mass is 377 g/mol. The lowest BCUT2D eigenvalue weighted by molar-refractivity contribution is -0.119. The van der Waals surface area contributed by atoms with Gasteiger partial charge in [-0.15, -0.1) is 0 Å². The fraction of sp³-hybridized carbons (Fsp3) is 0.391. The van der Waals surface area contributed by atoms with Crippen LogP contribution in [0.15, 0.2) is 59.4 Å². The van der Waals surface area contributed by atoms with Crippen LogP contribution in [0.4, 0.5) is 0 Å². The Hall–Kier alpha value is -2.66. The van der Waals surface area contributed by atoms with Crippen molar-refractivity contribution < 1.29 is 4.79 Å². The quantitative estimate of drug-likeness (QED) is 0.872. The van der Waals surface area contributed by atoms with Crippen molar-refractivity contribution in [1.82, 2.24) is 14.8 Å². The third kappa shape index (κ3) is 3.94. The zero-order chi connectivity index (χ0) is 19.5. The number of carbonyl (C=O) groups is 1. The SMILES string of the molecule is CC(=O)NC[C@H]1[C@H]2C[C@H](CN(CC=Cc3ccccc3)C2)c2cccc(=O)n21. The maximum absolute atomic E-state index is 12.6. The number of nitrogens with zero attached hydrogens (tertiary/aromatic N) is 2. The van der Waals surface area contributed by atoms with Gasteiger partial charge in [-0.05, 0) is 24.0 Å². The molecule has 1 aromatic heterocycles. The van der Waals surface area contributed by atoms with Gasteiger partial charge < -0.3 is 9.88 Å². The normalized spacial score (nSPS) is 24.1. The average Bonchev–Trinajstić information content (AvgIpc) is 2.69. The summed E-state index contributed by atoms with van der Waals surface area (Å²) in [4.78, 5) is 26.5. The van der Waals surface area contributed by atoms with Crippen LogP contribution in [-0.4, -0.2) is 41.6 Å². The van der Waals surface area contributed by atoms with E-state index < -0.39 is 0 Å². The fourth-order valence-corrected chi connectivity index (χ4v) is 4.70. The van der Waals surface area contributed by atoms with Crippen LogP contribution in [0.2, 0.25) is 0 Å². The molecule has 2 aliphatic rings. The minimum atomic E-state index is -0.0499. The van der Waals surface area contributed by atoms with Crippen molar-refractivity contribution in [1.29, 1.82) is 0 Å². The van der Waals surface area contributed by atoms with Crippen LogP contribution in [-0.2, 0) is 4.79 Å². The number of nitrogens with one attached hydrogen (secondary N) is 1. The lowest BCUT2D eigenvalue weighted by Crippen LogP contribution is -2.51. The Balaban J connectivity index is 1.54. The van der Waals surface area contributed by atoms with Crippen molar-refractivity contribution in [2.45, 2.75) is 25.3 Å². The van der Waals surface area contributed by atoms with E-state index in [9.17, 15) is 9.59 Å². The van der Waals surface area contributed by atoms with E-state index in [-0.39, 0.29) is 17.5 Å². The molecule has 1 amide bonds. The van der Waals surface area contributed by atoms with Gasteiger partial charge in [-0.25, -0.2) is 0 Å². The van der Waals surface area contributed by atoms with Crippen molar-refractivity contribution in [3.8, 4) is 0 Å². The van der Waals surface area contributed by atoms with Gasteiger partial charge in [0.15, 0.2) is 0 Å². The van der Waals surface area contributed by atoms with Crippen LogP contribution in [0.25, 0.3) is 6.08 Å². The van der Waals surface area contributed by atoms with Crippen LogP contribution in [0.3, 0.4) is 0 Å². The minimum Gasteiger partial charge on any atom is -0.354 e. The third-order valence-electron chi connectivity index (χ3n) is 5.91. The minimum absolute atomic E-state index is 0.0183. The molecule has 0 radical (unpaired) electrons. The zero-order valence-corrected chi connectivity index (χ0v) is 16.3. The van der Waals surface area contributed by atoms with E-state index in [0.29, 0.717) is 18.4 Å². The predicted octanol–water partition coefficient (Wildman–Crippen LogP) is 2.66. The maximum Gasteiger partial charge on any atom is 0.251 e. The fourth-order valence-electron chi connectivity index (χ4n) is 4.70. The summed E-state index contributed by atoms with van der Waals surface area (Å²) >= 11 is 0. The first-order valence-electron chi connectivity index (χ1n) is 10.0. The molecule has 2 aromatic rings. The third-order valence-corrected chi connectivity index (χ3v) is 5.91. The molecule has 2 bridgehead atoms. The summed E-state index contributed by atoms with van der Waals surface area (Å²) in [6.07, 6.45) is 5.46. The number of rotatable bonds is 5. The van der Waals surface area contributed by atoms with Crippen LogP contribution < -0.4 is 10.9 Å². The molecule has 28 heavy (non-hydrogen) atoms. The standard InChI is InChI=1S/C23H27N3O2/c1-17(27)24-14-22-20-13-19(21-10-5-11-23(28)26(21)22)15-25(16-20)12-6-9-18-7-3-2-4-8-18/h2-11,19-20,22H,12-16H2,1H3,(H,24,27)/t19-,20+,22+/m1/s1. The number of amides is 1. The van der Waals surface area contributed by atoms with E-state index in [0.717, 1.165) is 31.7 Å². The lowest BCUT2D eigenvalue weighted by Gasteiger charge is -2.46. The van der Waals surface area contributed by atoms with Crippen molar-refractivity contribution in [3.63, 3.8) is 0 Å². The Kier molecular flexibility index (Phi) is 5.44. The number of likely N-dealkylation sites (tertiary alicyclic amines) is 1. The second kappa shape index (κ2) is 8.15. The van der Waals surface area contributed by atoms with Crippen LogP contribution >= 0.6 is 0 Å². The molecule has 4 rings (SSSR count). The summed E-state index contributed by atoms with van der Waals surface area (Å²) in [6.45, 7) is 4.84. The average molecular weight is 377 g/mol. The van der Waals surface area contributed by atoms with Gasteiger partial charge in [0, 0.05) is 50.8 Å². The molecule has 146 valence electrons. The summed E-state index contributed by atoms with van der Waals surface area (Å²) in [5.41, 5.74) is 2.36. The molecule has 0 aliphatic carbocycles. The zero-order valence-electron chi connectivity index (χ0n) is 16.3. The molecule has 0 unspecified atom stereocenters. The predicted molar refractivity (Wildman–Crippen MR) is 111 cm³/mol. The Bertz CT molecular complexity index is 919. The molecular weight excluding hydrogens is 350 g/mol. The van der Waals surface area contributed by atoms with Gasteiger partial charge in [-0.3, -0.25) is 14.5 Å². The van der Waals surface area contributed by atoms with Crippen molar-refractivity contribution in [2.24, 2.45) is 5.92 Å². The number of aromatic nitrogens is 1. The topological polar surface area (TPSA) is 54.3 Å². The van der Waals surface area contributed by atoms with Gasteiger partial charge >= 0.3 is 0 Å². The Morgan fingerprint density at radius 2 is 1.96 bits per heavy atom. The van der Waals surface area contributed by atoms with Gasteiger partial charge in [0.25, 0.3) is 5.56 Å². The summed E-state index contributed by atoms with van der Waals surface area (Å²) in [7, 11) is 0. The molecule has 1 N–H and O–H groups in total. The highest BCUT2D eigenvalue weighted by atomic mass is 16.1. The molecule has 1 aromatic carbocycles. The van der Waals surface area contributed by atoms with Crippen molar-refractivity contribution in [2.75, 3.05) is 26.2 Å². The Labute approximate surface area is 165 Å². The van der Waals surface area contributed by atoms with Crippen molar-refractivity contribution in [3.05, 3.63) is 76.2 Å². The smallest absolute Gasteiger partial charge is 0.251 e. The number of piperidine rings is 1. The van der Waals surface area contributed by atoms with Gasteiger partial charge in [0.1, 0.15) is 0 Å². The second-order valence-electron chi connectivity index (χ2n) is 7.89. The first kappa shape index (κ1) is 18.7. The number of pyridine rings is 1. The molecule has 3 heterocycles. The van der Waals surface area contributed by atoms with Crippen LogP contribution in [0, 0.1) is 5.92 Å². The van der Waals surface area contributed by atoms with E-state index in [2.05, 4.69) is 40.6 Å². The molecular formula is C23H27N3O2. The molecule has 1 fully saturated rings. The number of fused-ring (bicyclic) bond motifs is 4. The van der Waals surface area contributed by atoms with Gasteiger partial charge in [-0.2, -0.15) is 0 Å². The van der Waals surface area contributed by atoms with Gasteiger partial charge in [-0.1, -0.05) is 48.6 Å². The molecule has 5 heteroatoms. The van der Waals surface area contributed by atoms with Crippen LogP contribution in [0.1, 0.15) is 36.6 Å². The van der Waals surface area contributed by atoms with E-state index in [4.69, 9.17) is 0 Å². The van der Waals surface area contributed by atoms with Gasteiger partial charge in [0.05, 0.1) is 6.04 Å². The first-order chi connectivity index (χ1) is 13.6. The van der Waals surface area contributed by atoms with Gasteiger partial charge in [0.2, 0.25) is 5.91 Å². The second-order valence-corrected chi connectivity index (χ2v) is 7.89. The van der Waals surface area contributed by atoms with E-state index >= 15 is 0 Å². The largest absolute Gasteiger partial charge is 0.354 e. The highest BCUT2D eigenvalue weighted by molar-refractivity contribution is 5.72. The van der Waals surface area contributed by atoms with Crippen LogP contribution in [0.5, 0.6) is 0 Å². The van der Waals surface area contributed by atoms with E-state index in [1.54, 1.807) is 6.07 Å². The molecule has 0 spiro atoms. The summed E-state index contributed by atoms with van der Waals surface area (Å²) in [5.74, 6) is 0.681. The molecule has 1 saturated heterocycles. The first-order valence-corrected chi connectivity index (χ1v) is 10.0. The molecule has 0 saturated carbocycles. The number of hydrogen-bond acceptors (Lipinski definition) is 3. The van der Waals surface area contributed by atoms with Crippen molar-refractivity contribution >= 4 is 12.0 Å². The Morgan fingerprint density at radius 1 is 1.14 bits per heavy atom. The number of carbonyl (C=O) groups excluding carboxylic acids is 1. The molecule has 3 atom stereocenters. The van der Waals surface area contributed by atoms with E-state index in [1.165, 1.54) is 12.5 Å². The van der Waals surface area contributed by atoms with E-state index in [1.807, 2.05) is 28.8 Å². The maximum atomic E-state index is 12.6. The summed E-state index contributed by atoms with van der Waals surface area (Å²) in [6, 6.07) is 15.9. The Morgan fingerprint density at radius 3 is 2.75 bits per heavy atom.